The van der Waals surface area contributed by atoms with Crippen molar-refractivity contribution in [2.24, 2.45) is 0 Å². The van der Waals surface area contributed by atoms with Crippen molar-refractivity contribution in [2.45, 2.75) is 6.54 Å². The molecule has 0 spiro atoms. The summed E-state index contributed by atoms with van der Waals surface area (Å²) in [6, 6.07) is 5.63. The van der Waals surface area contributed by atoms with Crippen molar-refractivity contribution in [3.05, 3.63) is 53.6 Å². The highest BCUT2D eigenvalue weighted by Gasteiger charge is 2.12. The number of hydrogen-bond acceptors (Lipinski definition) is 1. The fraction of sp³-hybridized carbons (Fsp3) is 0.0909. The third-order valence-corrected chi connectivity index (χ3v) is 2.17. The Balaban J connectivity index is 2.13. The molecule has 0 atom stereocenters. The molecular formula is C11H9F3N2. The maximum atomic E-state index is 13.2. The van der Waals surface area contributed by atoms with Gasteiger partial charge in [0.05, 0.1) is 12.2 Å². The third-order valence-electron chi connectivity index (χ3n) is 2.17. The number of anilines is 1. The van der Waals surface area contributed by atoms with Gasteiger partial charge >= 0.3 is 0 Å². The monoisotopic (exact) mass is 226 g/mol. The van der Waals surface area contributed by atoms with Crippen LogP contribution >= 0.6 is 0 Å². The Morgan fingerprint density at radius 2 is 1.88 bits per heavy atom. The maximum Gasteiger partial charge on any atom is 0.196 e. The Labute approximate surface area is 90.1 Å². The van der Waals surface area contributed by atoms with Crippen LogP contribution in [0.15, 0.2) is 30.5 Å². The van der Waals surface area contributed by atoms with Crippen molar-refractivity contribution < 1.29 is 13.2 Å². The summed E-state index contributed by atoms with van der Waals surface area (Å²) in [4.78, 5) is 2.90. The van der Waals surface area contributed by atoms with E-state index in [1.165, 1.54) is 0 Å². The van der Waals surface area contributed by atoms with Crippen molar-refractivity contribution in [2.75, 3.05) is 5.32 Å². The van der Waals surface area contributed by atoms with E-state index in [-0.39, 0.29) is 5.69 Å². The highest BCUT2D eigenvalue weighted by atomic mass is 19.2. The van der Waals surface area contributed by atoms with Crippen molar-refractivity contribution in [3.63, 3.8) is 0 Å². The summed E-state index contributed by atoms with van der Waals surface area (Å²) in [7, 11) is 0. The molecule has 0 unspecified atom stereocenters. The number of aromatic amines is 1. The van der Waals surface area contributed by atoms with Crippen molar-refractivity contribution in [3.8, 4) is 0 Å². The lowest BCUT2D eigenvalue weighted by molar-refractivity contribution is 0.449. The Bertz CT molecular complexity index is 480. The van der Waals surface area contributed by atoms with Gasteiger partial charge in [-0.3, -0.25) is 0 Å². The Morgan fingerprint density at radius 3 is 2.56 bits per heavy atom. The SMILES string of the molecule is Fc1ccc(NCc2ccc[nH]2)c(F)c1F. The van der Waals surface area contributed by atoms with Crippen molar-refractivity contribution in [1.82, 2.24) is 4.98 Å². The quantitative estimate of drug-likeness (QED) is 0.773. The van der Waals surface area contributed by atoms with Gasteiger partial charge in [-0.1, -0.05) is 0 Å². The molecule has 0 aliphatic rings. The molecule has 0 aliphatic heterocycles. The number of rotatable bonds is 3. The molecule has 84 valence electrons. The van der Waals surface area contributed by atoms with Crippen LogP contribution in [0.4, 0.5) is 18.9 Å². The highest BCUT2D eigenvalue weighted by molar-refractivity contribution is 5.45. The van der Waals surface area contributed by atoms with Gasteiger partial charge in [0, 0.05) is 11.9 Å². The summed E-state index contributed by atoms with van der Waals surface area (Å²) in [5.74, 6) is -3.86. The van der Waals surface area contributed by atoms with E-state index in [4.69, 9.17) is 0 Å². The Morgan fingerprint density at radius 1 is 1.06 bits per heavy atom. The predicted molar refractivity (Wildman–Crippen MR) is 54.4 cm³/mol. The topological polar surface area (TPSA) is 27.8 Å². The Hall–Kier alpha value is -1.91. The standard InChI is InChI=1S/C11H9F3N2/c12-8-3-4-9(11(14)10(8)13)16-6-7-2-1-5-15-7/h1-5,15-16H,6H2. The van der Waals surface area contributed by atoms with Gasteiger partial charge in [0.1, 0.15) is 0 Å². The van der Waals surface area contributed by atoms with E-state index in [0.29, 0.717) is 6.54 Å². The first-order valence-corrected chi connectivity index (χ1v) is 4.68. The van der Waals surface area contributed by atoms with Crippen LogP contribution in [0.1, 0.15) is 5.69 Å². The van der Waals surface area contributed by atoms with Crippen molar-refractivity contribution >= 4 is 5.69 Å². The minimum absolute atomic E-state index is 0.0616. The molecule has 0 radical (unpaired) electrons. The van der Waals surface area contributed by atoms with Gasteiger partial charge in [-0.25, -0.2) is 13.2 Å². The van der Waals surface area contributed by atoms with E-state index >= 15 is 0 Å². The number of halogens is 3. The van der Waals surface area contributed by atoms with Crippen LogP contribution < -0.4 is 5.32 Å². The molecule has 1 aromatic heterocycles. The summed E-state index contributed by atoms with van der Waals surface area (Å²) in [6.07, 6.45) is 1.72. The molecule has 2 N–H and O–H groups in total. The molecular weight excluding hydrogens is 217 g/mol. The summed E-state index contributed by atoms with van der Waals surface area (Å²) in [5.41, 5.74) is 0.762. The molecule has 0 fully saturated rings. The minimum Gasteiger partial charge on any atom is -0.377 e. The van der Waals surface area contributed by atoms with E-state index in [1.54, 1.807) is 18.3 Å². The van der Waals surface area contributed by atoms with Crippen LogP contribution in [-0.4, -0.2) is 4.98 Å². The van der Waals surface area contributed by atoms with E-state index in [9.17, 15) is 13.2 Å². The molecule has 5 heteroatoms. The molecule has 2 aromatic rings. The third kappa shape index (κ3) is 2.03. The second-order valence-corrected chi connectivity index (χ2v) is 3.27. The molecule has 0 bridgehead atoms. The lowest BCUT2D eigenvalue weighted by Gasteiger charge is -2.07. The van der Waals surface area contributed by atoms with Gasteiger partial charge in [-0.15, -0.1) is 0 Å². The first-order chi connectivity index (χ1) is 7.68. The highest BCUT2D eigenvalue weighted by Crippen LogP contribution is 2.19. The average molecular weight is 226 g/mol. The van der Waals surface area contributed by atoms with Crippen LogP contribution in [0.25, 0.3) is 0 Å². The van der Waals surface area contributed by atoms with Gasteiger partial charge < -0.3 is 10.3 Å². The largest absolute Gasteiger partial charge is 0.377 e. The molecule has 16 heavy (non-hydrogen) atoms. The van der Waals surface area contributed by atoms with Crippen LogP contribution in [0.3, 0.4) is 0 Å². The van der Waals surface area contributed by atoms with Crippen LogP contribution in [0.5, 0.6) is 0 Å². The molecule has 0 saturated heterocycles. The van der Waals surface area contributed by atoms with Gasteiger partial charge in [0.25, 0.3) is 0 Å². The zero-order valence-electron chi connectivity index (χ0n) is 8.23. The van der Waals surface area contributed by atoms with Crippen LogP contribution in [-0.2, 0) is 6.54 Å². The van der Waals surface area contributed by atoms with Gasteiger partial charge in [0.15, 0.2) is 17.5 Å². The number of H-pyrrole nitrogens is 1. The summed E-state index contributed by atoms with van der Waals surface area (Å²) in [6.45, 7) is 0.314. The molecule has 0 aliphatic carbocycles. The van der Waals surface area contributed by atoms with Gasteiger partial charge in [0.2, 0.25) is 0 Å². The summed E-state index contributed by atoms with van der Waals surface area (Å²) in [5, 5.41) is 2.67. The molecule has 2 nitrogen and oxygen atoms in total. The number of hydrogen-bond donors (Lipinski definition) is 2. The average Bonchev–Trinajstić information content (AvgIpc) is 2.78. The summed E-state index contributed by atoms with van der Waals surface area (Å²) < 4.78 is 38.7. The minimum atomic E-state index is -1.46. The van der Waals surface area contributed by atoms with Crippen LogP contribution in [0.2, 0.25) is 0 Å². The maximum absolute atomic E-state index is 13.2. The second kappa shape index (κ2) is 4.30. The Kier molecular flexibility index (Phi) is 2.85. The molecule has 2 rings (SSSR count). The molecule has 1 aromatic carbocycles. The normalized spacial score (nSPS) is 10.4. The first kappa shape index (κ1) is 10.6. The van der Waals surface area contributed by atoms with Gasteiger partial charge in [-0.2, -0.15) is 0 Å². The summed E-state index contributed by atoms with van der Waals surface area (Å²) >= 11 is 0. The molecule has 0 saturated carbocycles. The fourth-order valence-electron chi connectivity index (χ4n) is 1.33. The van der Waals surface area contributed by atoms with E-state index in [1.807, 2.05) is 0 Å². The van der Waals surface area contributed by atoms with Crippen molar-refractivity contribution in [1.29, 1.82) is 0 Å². The fourth-order valence-corrected chi connectivity index (χ4v) is 1.33. The van der Waals surface area contributed by atoms with E-state index < -0.39 is 17.5 Å². The van der Waals surface area contributed by atoms with Crippen LogP contribution in [0, 0.1) is 17.5 Å². The molecule has 1 heterocycles. The smallest absolute Gasteiger partial charge is 0.196 e. The zero-order valence-corrected chi connectivity index (χ0v) is 8.23. The van der Waals surface area contributed by atoms with E-state index in [0.717, 1.165) is 17.8 Å². The van der Waals surface area contributed by atoms with E-state index in [2.05, 4.69) is 10.3 Å². The zero-order chi connectivity index (χ0) is 11.5. The second-order valence-electron chi connectivity index (χ2n) is 3.27. The first-order valence-electron chi connectivity index (χ1n) is 4.68. The molecule has 0 amide bonds. The predicted octanol–water partition coefficient (Wildman–Crippen LogP) is 3.04. The lowest BCUT2D eigenvalue weighted by atomic mass is 10.2. The lowest BCUT2D eigenvalue weighted by Crippen LogP contribution is -2.04. The number of nitrogens with one attached hydrogen (secondary N) is 2. The number of aromatic nitrogens is 1. The van der Waals surface area contributed by atoms with Gasteiger partial charge in [-0.05, 0) is 24.3 Å². The number of benzene rings is 1.